The van der Waals surface area contributed by atoms with E-state index in [9.17, 15) is 4.39 Å². The zero-order valence-electron chi connectivity index (χ0n) is 12.3. The van der Waals surface area contributed by atoms with E-state index < -0.39 is 0 Å². The van der Waals surface area contributed by atoms with Crippen molar-refractivity contribution in [3.8, 4) is 0 Å². The zero-order chi connectivity index (χ0) is 14.2. The minimum absolute atomic E-state index is 0. The molecule has 6 heteroatoms. The Morgan fingerprint density at radius 3 is 2.67 bits per heavy atom. The first-order chi connectivity index (χ1) is 9.78. The molecule has 3 nitrogen and oxygen atoms in total. The molecule has 0 aliphatic heterocycles. The quantitative estimate of drug-likeness (QED) is 0.231. The summed E-state index contributed by atoms with van der Waals surface area (Å²) >= 11 is 1.74. The SMILES string of the molecule is CCNC(=NCCCSc1ccc(F)cc1)NC1CC1.I. The third kappa shape index (κ3) is 7.90. The number of guanidine groups is 1. The lowest BCUT2D eigenvalue weighted by molar-refractivity contribution is 0.626. The van der Waals surface area contributed by atoms with Gasteiger partial charge in [0.25, 0.3) is 0 Å². The second kappa shape index (κ2) is 10.3. The largest absolute Gasteiger partial charge is 0.357 e. The molecular formula is C15H23FIN3S. The second-order valence-electron chi connectivity index (χ2n) is 4.84. The van der Waals surface area contributed by atoms with Crippen molar-refractivity contribution in [2.45, 2.75) is 37.1 Å². The molecule has 2 rings (SSSR count). The normalized spacial score (nSPS) is 14.5. The zero-order valence-corrected chi connectivity index (χ0v) is 15.4. The van der Waals surface area contributed by atoms with Gasteiger partial charge in [-0.3, -0.25) is 4.99 Å². The summed E-state index contributed by atoms with van der Waals surface area (Å²) in [5.41, 5.74) is 0. The lowest BCUT2D eigenvalue weighted by Gasteiger charge is -2.09. The molecule has 1 aromatic carbocycles. The van der Waals surface area contributed by atoms with Crippen LogP contribution in [0.15, 0.2) is 34.2 Å². The standard InChI is InChI=1S/C15H22FN3S.HI/c1-2-17-15(19-13-6-7-13)18-10-3-11-20-14-8-4-12(16)5-9-14;/h4-5,8-9,13H,2-3,6-7,10-11H2,1H3,(H2,17,18,19);1H. The van der Waals surface area contributed by atoms with Crippen LogP contribution in [0.4, 0.5) is 4.39 Å². The highest BCUT2D eigenvalue weighted by Crippen LogP contribution is 2.19. The summed E-state index contributed by atoms with van der Waals surface area (Å²) in [6.07, 6.45) is 3.53. The van der Waals surface area contributed by atoms with Crippen molar-refractivity contribution in [2.75, 3.05) is 18.8 Å². The predicted octanol–water partition coefficient (Wildman–Crippen LogP) is 3.64. The molecule has 1 aromatic rings. The monoisotopic (exact) mass is 423 g/mol. The Kier molecular flexibility index (Phi) is 9.07. The van der Waals surface area contributed by atoms with Crippen LogP contribution in [0.25, 0.3) is 0 Å². The van der Waals surface area contributed by atoms with Crippen LogP contribution in [0.1, 0.15) is 26.2 Å². The van der Waals surface area contributed by atoms with Crippen LogP contribution in [-0.4, -0.2) is 30.8 Å². The van der Waals surface area contributed by atoms with Gasteiger partial charge in [0.15, 0.2) is 5.96 Å². The molecule has 0 heterocycles. The van der Waals surface area contributed by atoms with Gasteiger partial charge in [0, 0.05) is 24.0 Å². The van der Waals surface area contributed by atoms with Crippen molar-refractivity contribution in [1.29, 1.82) is 0 Å². The van der Waals surface area contributed by atoms with Crippen molar-refractivity contribution in [2.24, 2.45) is 4.99 Å². The Balaban J connectivity index is 0.00000220. The first-order valence-corrected chi connectivity index (χ1v) is 8.19. The van der Waals surface area contributed by atoms with Gasteiger partial charge in [0.1, 0.15) is 5.82 Å². The summed E-state index contributed by atoms with van der Waals surface area (Å²) in [5, 5.41) is 6.66. The van der Waals surface area contributed by atoms with E-state index in [1.54, 1.807) is 11.8 Å². The third-order valence-corrected chi connectivity index (χ3v) is 4.02. The first-order valence-electron chi connectivity index (χ1n) is 7.21. The van der Waals surface area contributed by atoms with Gasteiger partial charge in [-0.1, -0.05) is 0 Å². The Hall–Kier alpha value is -0.500. The molecule has 0 bridgehead atoms. The van der Waals surface area contributed by atoms with E-state index >= 15 is 0 Å². The number of thioether (sulfide) groups is 1. The topological polar surface area (TPSA) is 36.4 Å². The summed E-state index contributed by atoms with van der Waals surface area (Å²) in [6, 6.07) is 7.28. The lowest BCUT2D eigenvalue weighted by atomic mass is 10.4. The summed E-state index contributed by atoms with van der Waals surface area (Å²) < 4.78 is 12.8. The van der Waals surface area contributed by atoms with Gasteiger partial charge in [-0.2, -0.15) is 0 Å². The highest BCUT2D eigenvalue weighted by atomic mass is 127. The van der Waals surface area contributed by atoms with Crippen LogP contribution in [0.3, 0.4) is 0 Å². The van der Waals surface area contributed by atoms with E-state index in [1.807, 2.05) is 12.1 Å². The van der Waals surface area contributed by atoms with E-state index in [-0.39, 0.29) is 29.8 Å². The van der Waals surface area contributed by atoms with Gasteiger partial charge in [-0.05, 0) is 56.2 Å². The van der Waals surface area contributed by atoms with Crippen molar-refractivity contribution in [3.63, 3.8) is 0 Å². The number of nitrogens with zero attached hydrogens (tertiary/aromatic N) is 1. The summed E-state index contributed by atoms with van der Waals surface area (Å²) in [5.74, 6) is 1.75. The molecule has 2 N–H and O–H groups in total. The Morgan fingerprint density at radius 2 is 2.05 bits per heavy atom. The van der Waals surface area contributed by atoms with Crippen LogP contribution in [0.5, 0.6) is 0 Å². The Morgan fingerprint density at radius 1 is 1.33 bits per heavy atom. The van der Waals surface area contributed by atoms with Crippen LogP contribution < -0.4 is 10.6 Å². The van der Waals surface area contributed by atoms with Gasteiger partial charge in [0.2, 0.25) is 0 Å². The average Bonchev–Trinajstić information content (AvgIpc) is 3.24. The fraction of sp³-hybridized carbons (Fsp3) is 0.533. The van der Waals surface area contributed by atoms with Gasteiger partial charge < -0.3 is 10.6 Å². The molecule has 0 amide bonds. The molecule has 118 valence electrons. The van der Waals surface area contributed by atoms with Crippen molar-refractivity contribution >= 4 is 41.7 Å². The molecule has 0 aromatic heterocycles. The summed E-state index contributed by atoms with van der Waals surface area (Å²) in [4.78, 5) is 5.67. The minimum Gasteiger partial charge on any atom is -0.357 e. The molecule has 0 atom stereocenters. The third-order valence-electron chi connectivity index (χ3n) is 2.92. The fourth-order valence-electron chi connectivity index (χ4n) is 1.72. The van der Waals surface area contributed by atoms with Crippen LogP contribution in [-0.2, 0) is 0 Å². The molecule has 0 radical (unpaired) electrons. The number of rotatable bonds is 7. The maximum Gasteiger partial charge on any atom is 0.191 e. The molecule has 0 saturated heterocycles. The Labute approximate surface area is 147 Å². The van der Waals surface area contributed by atoms with E-state index in [1.165, 1.54) is 25.0 Å². The average molecular weight is 423 g/mol. The van der Waals surface area contributed by atoms with Gasteiger partial charge in [-0.25, -0.2) is 4.39 Å². The van der Waals surface area contributed by atoms with E-state index in [4.69, 9.17) is 0 Å². The molecule has 1 saturated carbocycles. The van der Waals surface area contributed by atoms with Crippen molar-refractivity contribution in [1.82, 2.24) is 10.6 Å². The van der Waals surface area contributed by atoms with Crippen molar-refractivity contribution in [3.05, 3.63) is 30.1 Å². The smallest absolute Gasteiger partial charge is 0.191 e. The summed E-state index contributed by atoms with van der Waals surface area (Å²) in [7, 11) is 0. The number of benzene rings is 1. The highest BCUT2D eigenvalue weighted by Gasteiger charge is 2.21. The maximum atomic E-state index is 12.8. The predicted molar refractivity (Wildman–Crippen MR) is 99.3 cm³/mol. The summed E-state index contributed by atoms with van der Waals surface area (Å²) in [6.45, 7) is 3.79. The molecule has 21 heavy (non-hydrogen) atoms. The van der Waals surface area contributed by atoms with Crippen LogP contribution >= 0.6 is 35.7 Å². The minimum atomic E-state index is -0.180. The molecule has 0 spiro atoms. The number of aliphatic imine (C=N–C) groups is 1. The molecule has 1 aliphatic rings. The first kappa shape index (κ1) is 18.5. The molecule has 0 unspecified atom stereocenters. The van der Waals surface area contributed by atoms with Crippen molar-refractivity contribution < 1.29 is 4.39 Å². The van der Waals surface area contributed by atoms with E-state index in [2.05, 4.69) is 22.5 Å². The van der Waals surface area contributed by atoms with Crippen LogP contribution in [0, 0.1) is 5.82 Å². The number of hydrogen-bond acceptors (Lipinski definition) is 2. The molecular weight excluding hydrogens is 400 g/mol. The molecule has 1 fully saturated rings. The second-order valence-corrected chi connectivity index (χ2v) is 6.00. The van der Waals surface area contributed by atoms with Crippen LogP contribution in [0.2, 0.25) is 0 Å². The van der Waals surface area contributed by atoms with E-state index in [0.717, 1.165) is 36.1 Å². The Bertz CT molecular complexity index is 435. The highest BCUT2D eigenvalue weighted by molar-refractivity contribution is 14.0. The van der Waals surface area contributed by atoms with Gasteiger partial charge in [0.05, 0.1) is 0 Å². The number of halogens is 2. The van der Waals surface area contributed by atoms with E-state index in [0.29, 0.717) is 6.04 Å². The number of hydrogen-bond donors (Lipinski definition) is 2. The molecule has 1 aliphatic carbocycles. The van der Waals surface area contributed by atoms with Gasteiger partial charge in [-0.15, -0.1) is 35.7 Å². The fourth-order valence-corrected chi connectivity index (χ4v) is 2.55. The lowest BCUT2D eigenvalue weighted by Crippen LogP contribution is -2.38. The van der Waals surface area contributed by atoms with Gasteiger partial charge >= 0.3 is 0 Å². The maximum absolute atomic E-state index is 12.8. The number of nitrogens with one attached hydrogen (secondary N) is 2.